The predicted molar refractivity (Wildman–Crippen MR) is 74.9 cm³/mol. The number of hydrogen-bond acceptors (Lipinski definition) is 4. The molecular weight excluding hydrogens is 264 g/mol. The Morgan fingerprint density at radius 3 is 3.11 bits per heavy atom. The van der Waals surface area contributed by atoms with E-state index in [2.05, 4.69) is 17.3 Å². The predicted octanol–water partition coefficient (Wildman–Crippen LogP) is 2.25. The molecule has 0 spiro atoms. The first-order valence-electron chi connectivity index (χ1n) is 6.73. The summed E-state index contributed by atoms with van der Waals surface area (Å²) >= 11 is 6.21. The molecule has 19 heavy (non-hydrogen) atoms. The van der Waals surface area contributed by atoms with Crippen molar-refractivity contribution in [1.82, 2.24) is 10.2 Å². The minimum Gasteiger partial charge on any atom is -0.454 e. The van der Waals surface area contributed by atoms with Gasteiger partial charge < -0.3 is 14.8 Å². The zero-order valence-electron chi connectivity index (χ0n) is 11.1. The molecule has 104 valence electrons. The van der Waals surface area contributed by atoms with Crippen LogP contribution in [0.2, 0.25) is 5.02 Å². The van der Waals surface area contributed by atoms with Crippen molar-refractivity contribution in [2.24, 2.45) is 0 Å². The van der Waals surface area contributed by atoms with E-state index in [4.69, 9.17) is 21.1 Å². The maximum Gasteiger partial charge on any atom is 0.231 e. The lowest BCUT2D eigenvalue weighted by atomic mass is 10.1. The molecule has 1 N–H and O–H groups in total. The Morgan fingerprint density at radius 2 is 2.32 bits per heavy atom. The topological polar surface area (TPSA) is 33.7 Å². The van der Waals surface area contributed by atoms with Crippen LogP contribution in [0.25, 0.3) is 0 Å². The number of halogens is 1. The van der Waals surface area contributed by atoms with Crippen LogP contribution in [0.1, 0.15) is 18.4 Å². The molecule has 3 rings (SSSR count). The van der Waals surface area contributed by atoms with E-state index in [0.29, 0.717) is 16.8 Å². The summed E-state index contributed by atoms with van der Waals surface area (Å²) in [7, 11) is 2.16. The van der Waals surface area contributed by atoms with Gasteiger partial charge in [0.2, 0.25) is 6.79 Å². The Hall–Kier alpha value is -0.970. The largest absolute Gasteiger partial charge is 0.454 e. The molecule has 1 aromatic carbocycles. The molecule has 5 heteroatoms. The van der Waals surface area contributed by atoms with Gasteiger partial charge in [0.1, 0.15) is 0 Å². The van der Waals surface area contributed by atoms with E-state index in [9.17, 15) is 0 Å². The van der Waals surface area contributed by atoms with Gasteiger partial charge in [0.25, 0.3) is 0 Å². The van der Waals surface area contributed by atoms with Crippen molar-refractivity contribution in [2.75, 3.05) is 26.9 Å². The summed E-state index contributed by atoms with van der Waals surface area (Å²) < 4.78 is 10.7. The lowest BCUT2D eigenvalue weighted by Crippen LogP contribution is -2.43. The minimum absolute atomic E-state index is 0.265. The van der Waals surface area contributed by atoms with Gasteiger partial charge in [-0.25, -0.2) is 0 Å². The van der Waals surface area contributed by atoms with Crippen LogP contribution >= 0.6 is 11.6 Å². The number of rotatable bonds is 3. The fourth-order valence-electron chi connectivity index (χ4n) is 2.74. The zero-order chi connectivity index (χ0) is 13.2. The summed E-state index contributed by atoms with van der Waals surface area (Å²) in [6.07, 6.45) is 2.50. The first-order chi connectivity index (χ1) is 9.24. The van der Waals surface area contributed by atoms with Crippen molar-refractivity contribution in [3.63, 3.8) is 0 Å². The average molecular weight is 283 g/mol. The molecular formula is C14H19ClN2O2. The molecule has 2 aliphatic heterocycles. The summed E-state index contributed by atoms with van der Waals surface area (Å²) in [5, 5.41) is 4.08. The van der Waals surface area contributed by atoms with Gasteiger partial charge in [-0.05, 0) is 44.1 Å². The highest BCUT2D eigenvalue weighted by molar-refractivity contribution is 6.32. The van der Waals surface area contributed by atoms with Crippen LogP contribution in [0.15, 0.2) is 12.1 Å². The van der Waals surface area contributed by atoms with Gasteiger partial charge in [-0.15, -0.1) is 0 Å². The second-order valence-corrected chi connectivity index (χ2v) is 5.63. The van der Waals surface area contributed by atoms with Gasteiger partial charge in [0, 0.05) is 19.1 Å². The van der Waals surface area contributed by atoms with Crippen LogP contribution in [-0.2, 0) is 6.54 Å². The van der Waals surface area contributed by atoms with Crippen LogP contribution in [-0.4, -0.2) is 37.9 Å². The number of nitrogens with zero attached hydrogens (tertiary/aromatic N) is 1. The number of fused-ring (bicyclic) bond motifs is 1. The number of ether oxygens (including phenoxy) is 2. The SMILES string of the molecule is CN(Cc1cc(Cl)c2c(c1)OCO2)C1CCCNC1. The second-order valence-electron chi connectivity index (χ2n) is 5.23. The van der Waals surface area contributed by atoms with Crippen molar-refractivity contribution in [1.29, 1.82) is 0 Å². The monoisotopic (exact) mass is 282 g/mol. The van der Waals surface area contributed by atoms with E-state index in [0.717, 1.165) is 25.4 Å². The fourth-order valence-corrected chi connectivity index (χ4v) is 3.03. The van der Waals surface area contributed by atoms with Crippen LogP contribution in [0.3, 0.4) is 0 Å². The van der Waals surface area contributed by atoms with Gasteiger partial charge in [0.15, 0.2) is 11.5 Å². The Balaban J connectivity index is 1.70. The molecule has 0 saturated carbocycles. The standard InChI is InChI=1S/C14H19ClN2O2/c1-17(11-3-2-4-16-7-11)8-10-5-12(15)14-13(6-10)18-9-19-14/h5-6,11,16H,2-4,7-9H2,1H3. The third kappa shape index (κ3) is 2.81. The van der Waals surface area contributed by atoms with Crippen molar-refractivity contribution in [3.05, 3.63) is 22.7 Å². The number of hydrogen-bond donors (Lipinski definition) is 1. The highest BCUT2D eigenvalue weighted by Crippen LogP contribution is 2.40. The highest BCUT2D eigenvalue weighted by Gasteiger charge is 2.21. The maximum absolute atomic E-state index is 6.21. The van der Waals surface area contributed by atoms with Gasteiger partial charge >= 0.3 is 0 Å². The lowest BCUT2D eigenvalue weighted by Gasteiger charge is -2.31. The van der Waals surface area contributed by atoms with E-state index in [1.807, 2.05) is 12.1 Å². The molecule has 1 atom stereocenters. The minimum atomic E-state index is 0.265. The normalized spacial score (nSPS) is 21.9. The number of likely N-dealkylation sites (N-methyl/N-ethyl adjacent to an activating group) is 1. The number of piperidine rings is 1. The smallest absolute Gasteiger partial charge is 0.231 e. The molecule has 1 fully saturated rings. The highest BCUT2D eigenvalue weighted by atomic mass is 35.5. The molecule has 2 heterocycles. The fraction of sp³-hybridized carbons (Fsp3) is 0.571. The maximum atomic E-state index is 6.21. The summed E-state index contributed by atoms with van der Waals surface area (Å²) in [5.74, 6) is 1.44. The molecule has 0 radical (unpaired) electrons. The summed E-state index contributed by atoms with van der Waals surface area (Å²) in [4.78, 5) is 2.38. The molecule has 4 nitrogen and oxygen atoms in total. The van der Waals surface area contributed by atoms with E-state index in [1.54, 1.807) is 0 Å². The molecule has 0 bridgehead atoms. The van der Waals surface area contributed by atoms with Gasteiger partial charge in [-0.3, -0.25) is 4.90 Å². The van der Waals surface area contributed by atoms with E-state index >= 15 is 0 Å². The number of nitrogens with one attached hydrogen (secondary N) is 1. The van der Waals surface area contributed by atoms with Crippen LogP contribution in [0.5, 0.6) is 11.5 Å². The van der Waals surface area contributed by atoms with Gasteiger partial charge in [0.05, 0.1) is 5.02 Å². The van der Waals surface area contributed by atoms with Crippen LogP contribution in [0, 0.1) is 0 Å². The van der Waals surface area contributed by atoms with E-state index in [-0.39, 0.29) is 6.79 Å². The van der Waals surface area contributed by atoms with Crippen molar-refractivity contribution in [2.45, 2.75) is 25.4 Å². The zero-order valence-corrected chi connectivity index (χ0v) is 11.9. The Morgan fingerprint density at radius 1 is 1.42 bits per heavy atom. The Bertz CT molecular complexity index is 461. The van der Waals surface area contributed by atoms with Crippen molar-refractivity contribution in [3.8, 4) is 11.5 Å². The van der Waals surface area contributed by atoms with E-state index < -0.39 is 0 Å². The molecule has 1 unspecified atom stereocenters. The first-order valence-corrected chi connectivity index (χ1v) is 7.11. The Kier molecular flexibility index (Phi) is 3.82. The quantitative estimate of drug-likeness (QED) is 0.922. The van der Waals surface area contributed by atoms with Crippen LogP contribution in [0.4, 0.5) is 0 Å². The van der Waals surface area contributed by atoms with Crippen LogP contribution < -0.4 is 14.8 Å². The van der Waals surface area contributed by atoms with Crippen molar-refractivity contribution >= 4 is 11.6 Å². The van der Waals surface area contributed by atoms with Gasteiger partial charge in [-0.1, -0.05) is 11.6 Å². The number of benzene rings is 1. The lowest BCUT2D eigenvalue weighted by molar-refractivity contribution is 0.173. The third-order valence-corrected chi connectivity index (χ3v) is 4.09. The molecule has 0 amide bonds. The summed E-state index contributed by atoms with van der Waals surface area (Å²) in [5.41, 5.74) is 1.17. The molecule has 0 aliphatic carbocycles. The third-order valence-electron chi connectivity index (χ3n) is 3.81. The van der Waals surface area contributed by atoms with Crippen molar-refractivity contribution < 1.29 is 9.47 Å². The molecule has 0 aromatic heterocycles. The molecule has 1 aromatic rings. The molecule has 1 saturated heterocycles. The molecule has 2 aliphatic rings. The van der Waals surface area contributed by atoms with E-state index in [1.165, 1.54) is 18.4 Å². The average Bonchev–Trinajstić information content (AvgIpc) is 2.88. The van der Waals surface area contributed by atoms with Gasteiger partial charge in [-0.2, -0.15) is 0 Å². The second kappa shape index (κ2) is 5.57. The summed E-state index contributed by atoms with van der Waals surface area (Å²) in [6, 6.07) is 4.60. The first kappa shape index (κ1) is 13.0. The Labute approximate surface area is 118 Å². The summed E-state index contributed by atoms with van der Waals surface area (Å²) in [6.45, 7) is 3.35.